The molecule has 0 unspecified atom stereocenters. The second kappa shape index (κ2) is 8.61. The van der Waals surface area contributed by atoms with Crippen molar-refractivity contribution in [1.29, 1.82) is 0 Å². The summed E-state index contributed by atoms with van der Waals surface area (Å²) in [6, 6.07) is 0.223. The Morgan fingerprint density at radius 2 is 1.62 bits per heavy atom. The van der Waals surface area contributed by atoms with E-state index in [1.807, 2.05) is 4.90 Å². The molecule has 3 aliphatic rings. The highest BCUT2D eigenvalue weighted by atomic mass is 16.3. The molecule has 1 amide bonds. The Balaban J connectivity index is 1.46. The second-order valence-electron chi connectivity index (χ2n) is 7.79. The highest BCUT2D eigenvalue weighted by Gasteiger charge is 2.35. The van der Waals surface area contributed by atoms with Gasteiger partial charge in [-0.1, -0.05) is 12.8 Å². The van der Waals surface area contributed by atoms with Crippen molar-refractivity contribution in [3.8, 4) is 0 Å². The van der Waals surface area contributed by atoms with Gasteiger partial charge in [-0.2, -0.15) is 0 Å². The molecule has 3 fully saturated rings. The molecule has 3 saturated heterocycles. The Morgan fingerprint density at radius 3 is 2.25 bits per heavy atom. The van der Waals surface area contributed by atoms with E-state index >= 15 is 0 Å². The van der Waals surface area contributed by atoms with Crippen LogP contribution in [0, 0.1) is 0 Å². The Kier molecular flexibility index (Phi) is 6.49. The zero-order valence-electron chi connectivity index (χ0n) is 15.2. The third kappa shape index (κ3) is 4.69. The van der Waals surface area contributed by atoms with Crippen LogP contribution in [0.25, 0.3) is 0 Å². The van der Waals surface area contributed by atoms with Crippen molar-refractivity contribution in [3.63, 3.8) is 0 Å². The van der Waals surface area contributed by atoms with E-state index in [1.54, 1.807) is 0 Å². The minimum atomic E-state index is -0.407. The number of carbonyl (C=O) groups excluding carboxylic acids is 1. The van der Waals surface area contributed by atoms with Gasteiger partial charge in [0.25, 0.3) is 0 Å². The van der Waals surface area contributed by atoms with E-state index in [9.17, 15) is 9.90 Å². The molecule has 2 atom stereocenters. The van der Waals surface area contributed by atoms with Gasteiger partial charge in [0.2, 0.25) is 5.91 Å². The number of piperazine rings is 1. The van der Waals surface area contributed by atoms with Crippen LogP contribution in [0.4, 0.5) is 0 Å². The predicted molar refractivity (Wildman–Crippen MR) is 95.0 cm³/mol. The lowest BCUT2D eigenvalue weighted by molar-refractivity contribution is -0.137. The summed E-state index contributed by atoms with van der Waals surface area (Å²) in [5.74, 6) is 0.202. The lowest BCUT2D eigenvalue weighted by Gasteiger charge is -2.44. The first-order chi connectivity index (χ1) is 11.6. The number of aliphatic hydroxyl groups excluding tert-OH is 1. The summed E-state index contributed by atoms with van der Waals surface area (Å²) in [4.78, 5) is 21.5. The lowest BCUT2D eigenvalue weighted by Crippen LogP contribution is -2.59. The van der Waals surface area contributed by atoms with Crippen LogP contribution in [0.3, 0.4) is 0 Å². The molecular formula is C18H34N4O2. The van der Waals surface area contributed by atoms with Gasteiger partial charge in [-0.25, -0.2) is 0 Å². The van der Waals surface area contributed by atoms with Crippen molar-refractivity contribution >= 4 is 5.91 Å². The van der Waals surface area contributed by atoms with Gasteiger partial charge < -0.3 is 14.9 Å². The molecule has 24 heavy (non-hydrogen) atoms. The van der Waals surface area contributed by atoms with Crippen molar-refractivity contribution in [2.24, 2.45) is 0 Å². The number of piperidine rings is 1. The topological polar surface area (TPSA) is 50.3 Å². The molecule has 138 valence electrons. The predicted octanol–water partition coefficient (Wildman–Crippen LogP) is 0.0716. The number of hydrogen-bond donors (Lipinski definition) is 1. The maximum absolute atomic E-state index is 12.6. The van der Waals surface area contributed by atoms with Gasteiger partial charge in [0, 0.05) is 45.3 Å². The monoisotopic (exact) mass is 338 g/mol. The Morgan fingerprint density at radius 1 is 0.958 bits per heavy atom. The number of hydrogen-bond acceptors (Lipinski definition) is 5. The van der Waals surface area contributed by atoms with Crippen LogP contribution >= 0.6 is 0 Å². The van der Waals surface area contributed by atoms with Crippen LogP contribution in [0.15, 0.2) is 0 Å². The minimum absolute atomic E-state index is 0.202. The van der Waals surface area contributed by atoms with Gasteiger partial charge >= 0.3 is 0 Å². The number of rotatable bonds is 3. The zero-order valence-corrected chi connectivity index (χ0v) is 15.2. The third-order valence-electron chi connectivity index (χ3n) is 5.96. The molecule has 0 spiro atoms. The van der Waals surface area contributed by atoms with E-state index in [4.69, 9.17) is 0 Å². The maximum atomic E-state index is 12.6. The Hall–Kier alpha value is -0.690. The summed E-state index contributed by atoms with van der Waals surface area (Å²) < 4.78 is 0. The van der Waals surface area contributed by atoms with Gasteiger partial charge in [-0.3, -0.25) is 14.6 Å². The molecule has 0 radical (unpaired) electrons. The van der Waals surface area contributed by atoms with Crippen LogP contribution in [0.2, 0.25) is 0 Å². The van der Waals surface area contributed by atoms with E-state index in [-0.39, 0.29) is 11.9 Å². The second-order valence-corrected chi connectivity index (χ2v) is 7.79. The summed E-state index contributed by atoms with van der Waals surface area (Å²) >= 11 is 0. The van der Waals surface area contributed by atoms with Crippen LogP contribution in [-0.4, -0.2) is 109 Å². The summed E-state index contributed by atoms with van der Waals surface area (Å²) in [5.41, 5.74) is 0. The van der Waals surface area contributed by atoms with Gasteiger partial charge in [0.1, 0.15) is 0 Å². The number of amides is 1. The fourth-order valence-corrected chi connectivity index (χ4v) is 4.31. The van der Waals surface area contributed by atoms with Gasteiger partial charge in [-0.05, 0) is 39.4 Å². The van der Waals surface area contributed by atoms with E-state index < -0.39 is 6.10 Å². The average molecular weight is 338 g/mol. The van der Waals surface area contributed by atoms with Crippen molar-refractivity contribution in [2.75, 3.05) is 66.0 Å². The van der Waals surface area contributed by atoms with E-state index in [1.165, 1.54) is 25.7 Å². The number of likely N-dealkylation sites (tertiary alicyclic amines) is 2. The molecule has 3 heterocycles. The summed E-state index contributed by atoms with van der Waals surface area (Å²) in [7, 11) is 2.15. The normalized spacial score (nSPS) is 31.8. The van der Waals surface area contributed by atoms with Crippen LogP contribution in [0.5, 0.6) is 0 Å². The lowest BCUT2D eigenvalue weighted by atomic mass is 9.99. The van der Waals surface area contributed by atoms with Gasteiger partial charge in [0.05, 0.1) is 12.6 Å². The van der Waals surface area contributed by atoms with Crippen LogP contribution < -0.4 is 0 Å². The molecule has 3 aliphatic heterocycles. The summed E-state index contributed by atoms with van der Waals surface area (Å²) in [6.45, 7) is 8.12. The first kappa shape index (κ1) is 18.1. The Bertz CT molecular complexity index is 404. The van der Waals surface area contributed by atoms with Gasteiger partial charge in [0.15, 0.2) is 0 Å². The number of β-amino-alcohol motifs (C(OH)–C–C–N with tert-alkyl or cyclic N) is 1. The van der Waals surface area contributed by atoms with E-state index in [2.05, 4.69) is 21.7 Å². The highest BCUT2D eigenvalue weighted by Crippen LogP contribution is 2.19. The molecule has 0 aromatic heterocycles. The fraction of sp³-hybridized carbons (Fsp3) is 0.944. The molecule has 0 saturated carbocycles. The van der Waals surface area contributed by atoms with Crippen LogP contribution in [0.1, 0.15) is 32.1 Å². The molecular weight excluding hydrogens is 304 g/mol. The van der Waals surface area contributed by atoms with E-state index in [0.717, 1.165) is 52.2 Å². The molecule has 0 aliphatic carbocycles. The van der Waals surface area contributed by atoms with Crippen molar-refractivity contribution < 1.29 is 9.90 Å². The van der Waals surface area contributed by atoms with Crippen molar-refractivity contribution in [2.45, 2.75) is 44.2 Å². The average Bonchev–Trinajstić information content (AvgIpc) is 2.84. The molecule has 1 N–H and O–H groups in total. The van der Waals surface area contributed by atoms with Gasteiger partial charge in [-0.15, -0.1) is 0 Å². The summed E-state index contributed by atoms with van der Waals surface area (Å²) in [5, 5.41) is 10.6. The number of nitrogens with zero attached hydrogens (tertiary/aromatic N) is 4. The first-order valence-corrected chi connectivity index (χ1v) is 9.74. The highest BCUT2D eigenvalue weighted by molar-refractivity contribution is 5.78. The standard InChI is InChI=1S/C18H34N4O2/c1-19-10-12-21(13-11-19)16-6-9-22(14-17(16)23)18(24)15-20-7-4-2-3-5-8-20/h16-17,23H,2-15H2,1H3/t16-,17-/m1/s1. The zero-order chi connectivity index (χ0) is 16.9. The molecule has 0 aromatic rings. The Labute approximate surface area is 146 Å². The molecule has 3 rings (SSSR count). The quantitative estimate of drug-likeness (QED) is 0.789. The third-order valence-corrected chi connectivity index (χ3v) is 5.96. The maximum Gasteiger partial charge on any atom is 0.236 e. The smallest absolute Gasteiger partial charge is 0.236 e. The summed E-state index contributed by atoms with van der Waals surface area (Å²) in [6.07, 6.45) is 5.49. The minimum Gasteiger partial charge on any atom is -0.390 e. The molecule has 0 bridgehead atoms. The molecule has 6 heteroatoms. The SMILES string of the molecule is CN1CCN([C@@H]2CCN(C(=O)CN3CCCCCC3)C[C@H]2O)CC1. The number of likely N-dealkylation sites (N-methyl/N-ethyl adjacent to an activating group) is 1. The van der Waals surface area contributed by atoms with E-state index in [0.29, 0.717) is 13.1 Å². The molecule has 6 nitrogen and oxygen atoms in total. The first-order valence-electron chi connectivity index (χ1n) is 9.74. The number of aliphatic hydroxyl groups is 1. The molecule has 0 aromatic carbocycles. The van der Waals surface area contributed by atoms with Crippen molar-refractivity contribution in [1.82, 2.24) is 19.6 Å². The number of carbonyl (C=O) groups is 1. The van der Waals surface area contributed by atoms with Crippen LogP contribution in [-0.2, 0) is 4.79 Å². The fourth-order valence-electron chi connectivity index (χ4n) is 4.31. The largest absolute Gasteiger partial charge is 0.390 e. The van der Waals surface area contributed by atoms with Crippen molar-refractivity contribution in [3.05, 3.63) is 0 Å².